The number of nitrogens with zero attached hydrogens (tertiary/aromatic N) is 2. The van der Waals surface area contributed by atoms with Crippen LogP contribution in [0.2, 0.25) is 0 Å². The van der Waals surface area contributed by atoms with Crippen LogP contribution in [0.1, 0.15) is 18.9 Å². The van der Waals surface area contributed by atoms with Gasteiger partial charge >= 0.3 is 0 Å². The lowest BCUT2D eigenvalue weighted by Crippen LogP contribution is -2.43. The third-order valence-electron chi connectivity index (χ3n) is 5.84. The molecule has 148 valence electrons. The van der Waals surface area contributed by atoms with Crippen molar-refractivity contribution in [3.63, 3.8) is 0 Å². The van der Waals surface area contributed by atoms with Gasteiger partial charge in [-0.05, 0) is 42.9 Å². The standard InChI is InChI=1S/C21H25BrN4O2/c1-2-23-21(25-12-13-4-3-5-16(22)10-13)24-8-9-26-19(27)17-14-6-7-15(11-14)18(17)20(26)28/h3-7,10,14-15,17-18H,2,8-9,11-12H2,1H3,(H2,23,24,25). The minimum absolute atomic E-state index is 0.00438. The van der Waals surface area contributed by atoms with Crippen LogP contribution in [-0.2, 0) is 16.1 Å². The third kappa shape index (κ3) is 3.60. The molecule has 4 rings (SSSR count). The molecule has 2 N–H and O–H groups in total. The summed E-state index contributed by atoms with van der Waals surface area (Å²) in [7, 11) is 0. The number of benzene rings is 1. The summed E-state index contributed by atoms with van der Waals surface area (Å²) >= 11 is 3.47. The van der Waals surface area contributed by atoms with Crippen LogP contribution in [-0.4, -0.2) is 42.3 Å². The van der Waals surface area contributed by atoms with E-state index >= 15 is 0 Å². The number of fused-ring (bicyclic) bond motifs is 5. The van der Waals surface area contributed by atoms with Crippen LogP contribution >= 0.6 is 15.9 Å². The lowest BCUT2D eigenvalue weighted by Gasteiger charge is -2.18. The molecule has 0 radical (unpaired) electrons. The van der Waals surface area contributed by atoms with Gasteiger partial charge in [-0.25, -0.2) is 4.99 Å². The number of hydrogen-bond donors (Lipinski definition) is 2. The highest BCUT2D eigenvalue weighted by atomic mass is 79.9. The number of imide groups is 1. The molecule has 3 aliphatic rings. The van der Waals surface area contributed by atoms with E-state index in [1.54, 1.807) is 0 Å². The Labute approximate surface area is 173 Å². The zero-order valence-corrected chi connectivity index (χ0v) is 17.5. The molecular weight excluding hydrogens is 420 g/mol. The number of nitrogens with one attached hydrogen (secondary N) is 2. The summed E-state index contributed by atoms with van der Waals surface area (Å²) in [5.74, 6) is 0.960. The second kappa shape index (κ2) is 8.07. The summed E-state index contributed by atoms with van der Waals surface area (Å²) in [5, 5.41) is 6.45. The number of carbonyl (C=O) groups is 2. The van der Waals surface area contributed by atoms with Gasteiger partial charge in [-0.1, -0.05) is 40.2 Å². The van der Waals surface area contributed by atoms with E-state index in [1.165, 1.54) is 4.90 Å². The molecule has 1 aromatic carbocycles. The van der Waals surface area contributed by atoms with Gasteiger partial charge < -0.3 is 10.6 Å². The molecule has 4 unspecified atom stereocenters. The van der Waals surface area contributed by atoms with Gasteiger partial charge in [-0.2, -0.15) is 0 Å². The summed E-state index contributed by atoms with van der Waals surface area (Å²) in [6.07, 6.45) is 5.21. The summed E-state index contributed by atoms with van der Waals surface area (Å²) in [6.45, 7) is 4.17. The topological polar surface area (TPSA) is 73.8 Å². The summed E-state index contributed by atoms with van der Waals surface area (Å²) in [5.41, 5.74) is 1.10. The minimum Gasteiger partial charge on any atom is -0.357 e. The van der Waals surface area contributed by atoms with E-state index in [0.717, 1.165) is 23.0 Å². The molecule has 2 fully saturated rings. The van der Waals surface area contributed by atoms with Crippen LogP contribution in [0.4, 0.5) is 0 Å². The van der Waals surface area contributed by atoms with Gasteiger partial charge in [-0.15, -0.1) is 0 Å². The number of rotatable bonds is 6. The zero-order chi connectivity index (χ0) is 19.7. The Balaban J connectivity index is 1.33. The van der Waals surface area contributed by atoms with Gasteiger partial charge in [0.15, 0.2) is 5.96 Å². The van der Waals surface area contributed by atoms with E-state index in [1.807, 2.05) is 31.2 Å². The van der Waals surface area contributed by atoms with E-state index in [-0.39, 0.29) is 35.5 Å². The summed E-state index contributed by atoms with van der Waals surface area (Å²) in [6, 6.07) is 8.03. The number of guanidine groups is 1. The first-order chi connectivity index (χ1) is 13.6. The van der Waals surface area contributed by atoms with Crippen LogP contribution in [0.5, 0.6) is 0 Å². The summed E-state index contributed by atoms with van der Waals surface area (Å²) in [4.78, 5) is 31.5. The Hall–Kier alpha value is -2.15. The molecular formula is C21H25BrN4O2. The maximum Gasteiger partial charge on any atom is 0.233 e. The monoisotopic (exact) mass is 444 g/mol. The van der Waals surface area contributed by atoms with E-state index < -0.39 is 0 Å². The van der Waals surface area contributed by atoms with Crippen LogP contribution in [0.25, 0.3) is 0 Å². The molecule has 2 aliphatic carbocycles. The van der Waals surface area contributed by atoms with Crippen molar-refractivity contribution in [1.29, 1.82) is 0 Å². The average molecular weight is 445 g/mol. The van der Waals surface area contributed by atoms with Crippen molar-refractivity contribution in [3.05, 3.63) is 46.5 Å². The van der Waals surface area contributed by atoms with Gasteiger partial charge in [0.2, 0.25) is 11.8 Å². The zero-order valence-electron chi connectivity index (χ0n) is 15.9. The molecule has 2 bridgehead atoms. The number of halogens is 1. The summed E-state index contributed by atoms with van der Waals surface area (Å²) < 4.78 is 1.03. The van der Waals surface area contributed by atoms with Crippen LogP contribution in [0.3, 0.4) is 0 Å². The van der Waals surface area contributed by atoms with E-state index in [2.05, 4.69) is 43.7 Å². The van der Waals surface area contributed by atoms with Crippen molar-refractivity contribution in [3.8, 4) is 0 Å². The van der Waals surface area contributed by atoms with Crippen molar-refractivity contribution in [2.24, 2.45) is 28.7 Å². The van der Waals surface area contributed by atoms with Crippen LogP contribution in [0, 0.1) is 23.7 Å². The molecule has 0 spiro atoms. The number of aliphatic imine (C=N–C) groups is 1. The van der Waals surface area contributed by atoms with E-state index in [4.69, 9.17) is 0 Å². The van der Waals surface area contributed by atoms with Crippen molar-refractivity contribution >= 4 is 33.7 Å². The molecule has 4 atom stereocenters. The minimum atomic E-state index is -0.124. The van der Waals surface area contributed by atoms with Gasteiger partial charge in [-0.3, -0.25) is 14.5 Å². The number of hydrogen-bond acceptors (Lipinski definition) is 3. The first-order valence-electron chi connectivity index (χ1n) is 9.88. The van der Waals surface area contributed by atoms with Crippen molar-refractivity contribution in [1.82, 2.24) is 15.5 Å². The van der Waals surface area contributed by atoms with Crippen LogP contribution in [0.15, 0.2) is 45.9 Å². The fourth-order valence-electron chi connectivity index (χ4n) is 4.62. The van der Waals surface area contributed by atoms with Gasteiger partial charge in [0.25, 0.3) is 0 Å². The highest BCUT2D eigenvalue weighted by molar-refractivity contribution is 9.10. The molecule has 2 amide bonds. The molecule has 1 saturated heterocycles. The Bertz CT molecular complexity index is 807. The van der Waals surface area contributed by atoms with Crippen LogP contribution < -0.4 is 10.6 Å². The fraction of sp³-hybridized carbons (Fsp3) is 0.476. The molecule has 1 aliphatic heterocycles. The first-order valence-corrected chi connectivity index (χ1v) is 10.7. The second-order valence-corrected chi connectivity index (χ2v) is 8.50. The van der Waals surface area contributed by atoms with Crippen molar-refractivity contribution in [2.75, 3.05) is 19.6 Å². The quantitative estimate of drug-likeness (QED) is 0.305. The highest BCUT2D eigenvalue weighted by Crippen LogP contribution is 2.52. The molecule has 28 heavy (non-hydrogen) atoms. The number of carbonyl (C=O) groups excluding carboxylic acids is 2. The largest absolute Gasteiger partial charge is 0.357 e. The smallest absolute Gasteiger partial charge is 0.233 e. The third-order valence-corrected chi connectivity index (χ3v) is 6.34. The lowest BCUT2D eigenvalue weighted by molar-refractivity contribution is -0.140. The molecule has 6 nitrogen and oxygen atoms in total. The normalized spacial score (nSPS) is 28.2. The number of likely N-dealkylation sites (tertiary alicyclic amines) is 1. The Morgan fingerprint density at radius 2 is 1.89 bits per heavy atom. The van der Waals surface area contributed by atoms with E-state index in [9.17, 15) is 9.59 Å². The Morgan fingerprint density at radius 1 is 1.18 bits per heavy atom. The van der Waals surface area contributed by atoms with Gasteiger partial charge in [0, 0.05) is 24.1 Å². The molecule has 1 saturated carbocycles. The first kappa shape index (κ1) is 19.2. The SMILES string of the molecule is CCNC(=NCc1cccc(Br)c1)NCCN1C(=O)C2C3C=CC(C3)C2C1=O. The van der Waals surface area contributed by atoms with Gasteiger partial charge in [0.05, 0.1) is 18.4 Å². The lowest BCUT2D eigenvalue weighted by atomic mass is 9.85. The molecule has 1 aromatic rings. The number of amides is 2. The average Bonchev–Trinajstić information content (AvgIpc) is 3.35. The maximum absolute atomic E-state index is 12.7. The van der Waals surface area contributed by atoms with E-state index in [0.29, 0.717) is 25.6 Å². The van der Waals surface area contributed by atoms with Gasteiger partial charge in [0.1, 0.15) is 0 Å². The number of allylic oxidation sites excluding steroid dienone is 2. The Morgan fingerprint density at radius 3 is 2.54 bits per heavy atom. The molecule has 7 heteroatoms. The highest BCUT2D eigenvalue weighted by Gasteiger charge is 2.58. The van der Waals surface area contributed by atoms with Crippen molar-refractivity contribution < 1.29 is 9.59 Å². The second-order valence-electron chi connectivity index (χ2n) is 7.58. The predicted octanol–water partition coefficient (Wildman–Crippen LogP) is 2.31. The Kier molecular flexibility index (Phi) is 5.53. The molecule has 0 aromatic heterocycles. The van der Waals surface area contributed by atoms with Crippen molar-refractivity contribution in [2.45, 2.75) is 19.9 Å². The fourth-order valence-corrected chi connectivity index (χ4v) is 5.06. The predicted molar refractivity (Wildman–Crippen MR) is 111 cm³/mol. The molecule has 1 heterocycles. The maximum atomic E-state index is 12.7.